The van der Waals surface area contributed by atoms with Crippen LogP contribution >= 0.6 is 0 Å². The second-order valence-electron chi connectivity index (χ2n) is 3.50. The molecule has 0 bridgehead atoms. The van der Waals surface area contributed by atoms with E-state index in [9.17, 15) is 4.39 Å². The molecule has 15 heavy (non-hydrogen) atoms. The SMILES string of the molecule is CC(c1ccccc1)c1ncccc1F. The number of halogens is 1. The van der Waals surface area contributed by atoms with E-state index in [1.54, 1.807) is 12.3 Å². The summed E-state index contributed by atoms with van der Waals surface area (Å²) in [6.45, 7) is 1.96. The van der Waals surface area contributed by atoms with Gasteiger partial charge < -0.3 is 0 Å². The van der Waals surface area contributed by atoms with Crippen LogP contribution < -0.4 is 0 Å². The fraction of sp³-hybridized carbons (Fsp3) is 0.154. The molecule has 1 unspecified atom stereocenters. The van der Waals surface area contributed by atoms with E-state index < -0.39 is 0 Å². The molecule has 0 amide bonds. The van der Waals surface area contributed by atoms with Crippen molar-refractivity contribution < 1.29 is 4.39 Å². The Morgan fingerprint density at radius 3 is 2.47 bits per heavy atom. The lowest BCUT2D eigenvalue weighted by Crippen LogP contribution is -2.01. The molecule has 1 aromatic heterocycles. The minimum absolute atomic E-state index is 0.00704. The van der Waals surface area contributed by atoms with Crippen LogP contribution in [-0.4, -0.2) is 4.98 Å². The molecule has 1 aromatic carbocycles. The van der Waals surface area contributed by atoms with Crippen molar-refractivity contribution in [3.8, 4) is 0 Å². The summed E-state index contributed by atoms with van der Waals surface area (Å²) >= 11 is 0. The molecule has 0 N–H and O–H groups in total. The quantitative estimate of drug-likeness (QED) is 0.725. The van der Waals surface area contributed by atoms with Gasteiger partial charge in [-0.15, -0.1) is 0 Å². The van der Waals surface area contributed by atoms with Crippen LogP contribution in [0.25, 0.3) is 0 Å². The zero-order valence-electron chi connectivity index (χ0n) is 8.52. The fourth-order valence-electron chi connectivity index (χ4n) is 1.62. The Morgan fingerprint density at radius 1 is 1.07 bits per heavy atom. The average molecular weight is 201 g/mol. The van der Waals surface area contributed by atoms with Gasteiger partial charge in [-0.3, -0.25) is 4.98 Å². The van der Waals surface area contributed by atoms with Gasteiger partial charge in [0.05, 0.1) is 5.69 Å². The van der Waals surface area contributed by atoms with Crippen molar-refractivity contribution in [2.45, 2.75) is 12.8 Å². The molecule has 76 valence electrons. The minimum atomic E-state index is -0.242. The normalized spacial score (nSPS) is 12.4. The summed E-state index contributed by atoms with van der Waals surface area (Å²) in [7, 11) is 0. The van der Waals surface area contributed by atoms with Crippen LogP contribution in [0, 0.1) is 5.82 Å². The molecule has 0 spiro atoms. The van der Waals surface area contributed by atoms with E-state index in [4.69, 9.17) is 0 Å². The minimum Gasteiger partial charge on any atom is -0.258 e. The molecule has 1 nitrogen and oxygen atoms in total. The third-order valence-corrected chi connectivity index (χ3v) is 2.50. The van der Waals surface area contributed by atoms with E-state index in [1.165, 1.54) is 6.07 Å². The van der Waals surface area contributed by atoms with Gasteiger partial charge in [-0.2, -0.15) is 0 Å². The van der Waals surface area contributed by atoms with Gasteiger partial charge in [0.2, 0.25) is 0 Å². The van der Waals surface area contributed by atoms with Crippen LogP contribution in [0.15, 0.2) is 48.7 Å². The van der Waals surface area contributed by atoms with E-state index in [-0.39, 0.29) is 11.7 Å². The van der Waals surface area contributed by atoms with Crippen LogP contribution in [-0.2, 0) is 0 Å². The molecule has 0 aliphatic heterocycles. The van der Waals surface area contributed by atoms with Gasteiger partial charge in [-0.05, 0) is 17.7 Å². The molecule has 0 saturated heterocycles. The third kappa shape index (κ3) is 2.04. The number of nitrogens with zero attached hydrogens (tertiary/aromatic N) is 1. The van der Waals surface area contributed by atoms with E-state index in [0.717, 1.165) is 5.56 Å². The zero-order chi connectivity index (χ0) is 10.7. The largest absolute Gasteiger partial charge is 0.258 e. The Labute approximate surface area is 88.6 Å². The summed E-state index contributed by atoms with van der Waals surface area (Å²) in [5.74, 6) is -0.249. The highest BCUT2D eigenvalue weighted by Crippen LogP contribution is 2.23. The van der Waals surface area contributed by atoms with Gasteiger partial charge >= 0.3 is 0 Å². The van der Waals surface area contributed by atoms with Crippen molar-refractivity contribution in [3.05, 3.63) is 65.7 Å². The monoisotopic (exact) mass is 201 g/mol. The smallest absolute Gasteiger partial charge is 0.145 e. The first-order valence-electron chi connectivity index (χ1n) is 4.94. The Balaban J connectivity index is 2.37. The number of benzene rings is 1. The van der Waals surface area contributed by atoms with E-state index in [1.807, 2.05) is 37.3 Å². The lowest BCUT2D eigenvalue weighted by Gasteiger charge is -2.11. The van der Waals surface area contributed by atoms with Gasteiger partial charge in [-0.25, -0.2) is 4.39 Å². The molecule has 0 aliphatic carbocycles. The van der Waals surface area contributed by atoms with Crippen LogP contribution in [0.2, 0.25) is 0 Å². The number of aromatic nitrogens is 1. The predicted octanol–water partition coefficient (Wildman–Crippen LogP) is 3.37. The van der Waals surface area contributed by atoms with Gasteiger partial charge in [0, 0.05) is 12.1 Å². The topological polar surface area (TPSA) is 12.9 Å². The van der Waals surface area contributed by atoms with Crippen LogP contribution in [0.4, 0.5) is 4.39 Å². The summed E-state index contributed by atoms with van der Waals surface area (Å²) in [4.78, 5) is 4.08. The first kappa shape index (κ1) is 9.84. The van der Waals surface area contributed by atoms with Gasteiger partial charge in [0.15, 0.2) is 0 Å². The van der Waals surface area contributed by atoms with Crippen LogP contribution in [0.3, 0.4) is 0 Å². The molecule has 1 heterocycles. The highest BCUT2D eigenvalue weighted by molar-refractivity contribution is 5.27. The number of pyridine rings is 1. The molecular weight excluding hydrogens is 189 g/mol. The standard InChI is InChI=1S/C13H12FN/c1-10(11-6-3-2-4-7-11)13-12(14)8-5-9-15-13/h2-10H,1H3. The second-order valence-corrected chi connectivity index (χ2v) is 3.50. The molecule has 0 fully saturated rings. The zero-order valence-corrected chi connectivity index (χ0v) is 8.52. The summed E-state index contributed by atoms with van der Waals surface area (Å²) in [5.41, 5.74) is 1.58. The van der Waals surface area contributed by atoms with Crippen molar-refractivity contribution in [1.82, 2.24) is 4.98 Å². The summed E-state index contributed by atoms with van der Waals surface area (Å²) in [5, 5.41) is 0. The van der Waals surface area contributed by atoms with Crippen molar-refractivity contribution in [2.75, 3.05) is 0 Å². The van der Waals surface area contributed by atoms with Crippen LogP contribution in [0.5, 0.6) is 0 Å². The van der Waals surface area contributed by atoms with Crippen LogP contribution in [0.1, 0.15) is 24.1 Å². The second kappa shape index (κ2) is 4.22. The summed E-state index contributed by atoms with van der Waals surface area (Å²) < 4.78 is 13.5. The molecular formula is C13H12FN. The number of rotatable bonds is 2. The van der Waals surface area contributed by atoms with E-state index >= 15 is 0 Å². The van der Waals surface area contributed by atoms with E-state index in [2.05, 4.69) is 4.98 Å². The molecule has 2 rings (SSSR count). The summed E-state index contributed by atoms with van der Waals surface area (Å²) in [6.07, 6.45) is 1.62. The van der Waals surface area contributed by atoms with E-state index in [0.29, 0.717) is 5.69 Å². The Hall–Kier alpha value is -1.70. The predicted molar refractivity (Wildman–Crippen MR) is 58.2 cm³/mol. The molecule has 0 radical (unpaired) electrons. The summed E-state index contributed by atoms with van der Waals surface area (Å²) in [6, 6.07) is 12.9. The highest BCUT2D eigenvalue weighted by Gasteiger charge is 2.13. The number of hydrogen-bond donors (Lipinski definition) is 0. The lowest BCUT2D eigenvalue weighted by molar-refractivity contribution is 0.590. The van der Waals surface area contributed by atoms with Crippen molar-refractivity contribution >= 4 is 0 Å². The Morgan fingerprint density at radius 2 is 1.80 bits per heavy atom. The molecule has 1 atom stereocenters. The maximum Gasteiger partial charge on any atom is 0.145 e. The number of hydrogen-bond acceptors (Lipinski definition) is 1. The maximum atomic E-state index is 13.5. The first-order chi connectivity index (χ1) is 7.29. The Bertz CT molecular complexity index is 439. The molecule has 2 heteroatoms. The highest BCUT2D eigenvalue weighted by atomic mass is 19.1. The van der Waals surface area contributed by atoms with Crippen molar-refractivity contribution in [2.24, 2.45) is 0 Å². The maximum absolute atomic E-state index is 13.5. The van der Waals surface area contributed by atoms with Gasteiger partial charge in [-0.1, -0.05) is 37.3 Å². The van der Waals surface area contributed by atoms with Gasteiger partial charge in [0.25, 0.3) is 0 Å². The Kier molecular flexibility index (Phi) is 2.77. The molecule has 0 saturated carbocycles. The average Bonchev–Trinajstić information content (AvgIpc) is 2.30. The first-order valence-corrected chi connectivity index (χ1v) is 4.94. The van der Waals surface area contributed by atoms with Crippen molar-refractivity contribution in [1.29, 1.82) is 0 Å². The lowest BCUT2D eigenvalue weighted by atomic mass is 9.97. The van der Waals surface area contributed by atoms with Gasteiger partial charge in [0.1, 0.15) is 5.82 Å². The fourth-order valence-corrected chi connectivity index (χ4v) is 1.62. The van der Waals surface area contributed by atoms with Crippen molar-refractivity contribution in [3.63, 3.8) is 0 Å². The molecule has 0 aliphatic rings. The molecule has 2 aromatic rings. The third-order valence-electron chi connectivity index (χ3n) is 2.50.